The third-order valence-electron chi connectivity index (χ3n) is 4.53. The van der Waals surface area contributed by atoms with Gasteiger partial charge < -0.3 is 15.7 Å². The molecule has 1 aliphatic heterocycles. The number of piperidine rings is 1. The van der Waals surface area contributed by atoms with Crippen LogP contribution in [-0.4, -0.2) is 30.2 Å². The van der Waals surface area contributed by atoms with Gasteiger partial charge >= 0.3 is 0 Å². The van der Waals surface area contributed by atoms with Crippen LogP contribution in [0.3, 0.4) is 0 Å². The van der Waals surface area contributed by atoms with E-state index in [0.29, 0.717) is 5.92 Å². The Morgan fingerprint density at radius 3 is 2.76 bits per heavy atom. The van der Waals surface area contributed by atoms with E-state index in [2.05, 4.69) is 17.6 Å². The SMILES string of the molecule is CCC1CCNC(C(=O)NC(C)(CO)c2ccccc2)C1. The second kappa shape index (κ2) is 7.05. The van der Waals surface area contributed by atoms with Gasteiger partial charge in [0.05, 0.1) is 18.2 Å². The van der Waals surface area contributed by atoms with Gasteiger partial charge in [-0.15, -0.1) is 0 Å². The number of amides is 1. The van der Waals surface area contributed by atoms with Crippen molar-refractivity contribution >= 4 is 5.91 Å². The molecule has 116 valence electrons. The van der Waals surface area contributed by atoms with Crippen LogP contribution < -0.4 is 10.6 Å². The van der Waals surface area contributed by atoms with Crippen molar-refractivity contribution in [1.82, 2.24) is 10.6 Å². The van der Waals surface area contributed by atoms with Gasteiger partial charge in [-0.1, -0.05) is 43.7 Å². The second-order valence-electron chi connectivity index (χ2n) is 6.15. The Hall–Kier alpha value is -1.39. The lowest BCUT2D eigenvalue weighted by Crippen LogP contribution is -2.55. The van der Waals surface area contributed by atoms with Gasteiger partial charge in [-0.2, -0.15) is 0 Å². The zero-order chi connectivity index (χ0) is 15.3. The Morgan fingerprint density at radius 1 is 1.43 bits per heavy atom. The van der Waals surface area contributed by atoms with E-state index >= 15 is 0 Å². The summed E-state index contributed by atoms with van der Waals surface area (Å²) < 4.78 is 0. The molecule has 3 atom stereocenters. The normalized spacial score (nSPS) is 25.1. The van der Waals surface area contributed by atoms with Crippen molar-refractivity contribution in [2.75, 3.05) is 13.2 Å². The van der Waals surface area contributed by atoms with Crippen LogP contribution in [0, 0.1) is 5.92 Å². The molecule has 0 spiro atoms. The van der Waals surface area contributed by atoms with E-state index in [9.17, 15) is 9.90 Å². The highest BCUT2D eigenvalue weighted by Crippen LogP contribution is 2.23. The molecule has 0 aliphatic carbocycles. The molecule has 0 aromatic heterocycles. The molecule has 1 amide bonds. The minimum absolute atomic E-state index is 0.0199. The maximum atomic E-state index is 12.5. The van der Waals surface area contributed by atoms with Crippen LogP contribution in [0.2, 0.25) is 0 Å². The Balaban J connectivity index is 2.06. The number of benzene rings is 1. The quantitative estimate of drug-likeness (QED) is 0.775. The molecular weight excluding hydrogens is 264 g/mol. The number of carbonyl (C=O) groups is 1. The van der Waals surface area contributed by atoms with Crippen LogP contribution in [0.1, 0.15) is 38.7 Å². The van der Waals surface area contributed by atoms with E-state index in [0.717, 1.165) is 31.4 Å². The standard InChI is InChI=1S/C17H26N2O2/c1-3-13-9-10-18-15(11-13)16(21)19-17(2,12-20)14-7-5-4-6-8-14/h4-8,13,15,18,20H,3,9-12H2,1-2H3,(H,19,21). The second-order valence-corrected chi connectivity index (χ2v) is 6.15. The van der Waals surface area contributed by atoms with Gasteiger partial charge in [-0.25, -0.2) is 0 Å². The van der Waals surface area contributed by atoms with Crippen molar-refractivity contribution in [2.24, 2.45) is 5.92 Å². The molecule has 3 N–H and O–H groups in total. The predicted octanol–water partition coefficient (Wildman–Crippen LogP) is 1.79. The van der Waals surface area contributed by atoms with Crippen LogP contribution in [0.25, 0.3) is 0 Å². The molecule has 0 bridgehead atoms. The lowest BCUT2D eigenvalue weighted by molar-refractivity contribution is -0.126. The van der Waals surface area contributed by atoms with E-state index in [1.165, 1.54) is 0 Å². The summed E-state index contributed by atoms with van der Waals surface area (Å²) >= 11 is 0. The minimum Gasteiger partial charge on any atom is -0.394 e. The van der Waals surface area contributed by atoms with Gasteiger partial charge in [0.25, 0.3) is 0 Å². The third kappa shape index (κ3) is 3.83. The molecule has 4 heteroatoms. The average Bonchev–Trinajstić information content (AvgIpc) is 2.55. The minimum atomic E-state index is -0.737. The highest BCUT2D eigenvalue weighted by Gasteiger charge is 2.32. The summed E-state index contributed by atoms with van der Waals surface area (Å²) in [6.45, 7) is 4.80. The van der Waals surface area contributed by atoms with E-state index in [4.69, 9.17) is 0 Å². The zero-order valence-electron chi connectivity index (χ0n) is 12.9. The van der Waals surface area contributed by atoms with Crippen molar-refractivity contribution < 1.29 is 9.90 Å². The van der Waals surface area contributed by atoms with Crippen LogP contribution in [-0.2, 0) is 10.3 Å². The summed E-state index contributed by atoms with van der Waals surface area (Å²) in [5, 5.41) is 16.1. The molecule has 1 aromatic rings. The van der Waals surface area contributed by atoms with Crippen LogP contribution in [0.4, 0.5) is 0 Å². The first-order valence-corrected chi connectivity index (χ1v) is 7.81. The van der Waals surface area contributed by atoms with Gasteiger partial charge in [0.2, 0.25) is 5.91 Å². The molecule has 1 saturated heterocycles. The van der Waals surface area contributed by atoms with Crippen molar-refractivity contribution in [3.63, 3.8) is 0 Å². The van der Waals surface area contributed by atoms with Crippen LogP contribution >= 0.6 is 0 Å². The summed E-state index contributed by atoms with van der Waals surface area (Å²) in [6.07, 6.45) is 3.12. The van der Waals surface area contributed by atoms with Crippen molar-refractivity contribution in [3.05, 3.63) is 35.9 Å². The van der Waals surface area contributed by atoms with Crippen LogP contribution in [0.15, 0.2) is 30.3 Å². The van der Waals surface area contributed by atoms with E-state index in [-0.39, 0.29) is 18.6 Å². The number of nitrogens with one attached hydrogen (secondary N) is 2. The molecule has 1 fully saturated rings. The lowest BCUT2D eigenvalue weighted by Gasteiger charge is -2.34. The van der Waals surface area contributed by atoms with E-state index < -0.39 is 5.54 Å². The molecule has 0 radical (unpaired) electrons. The molecular formula is C17H26N2O2. The fourth-order valence-corrected chi connectivity index (χ4v) is 2.93. The average molecular weight is 290 g/mol. The summed E-state index contributed by atoms with van der Waals surface area (Å²) in [5.74, 6) is 0.590. The number of rotatable bonds is 5. The van der Waals surface area contributed by atoms with Gasteiger partial charge in [0.15, 0.2) is 0 Å². The summed E-state index contributed by atoms with van der Waals surface area (Å²) in [5.41, 5.74) is 0.183. The Labute approximate surface area is 126 Å². The molecule has 1 heterocycles. The number of aliphatic hydroxyl groups excluding tert-OH is 1. The molecule has 21 heavy (non-hydrogen) atoms. The van der Waals surface area contributed by atoms with E-state index in [1.54, 1.807) is 0 Å². The van der Waals surface area contributed by atoms with Crippen molar-refractivity contribution in [1.29, 1.82) is 0 Å². The van der Waals surface area contributed by atoms with Crippen molar-refractivity contribution in [3.8, 4) is 0 Å². The number of hydrogen-bond donors (Lipinski definition) is 3. The number of aliphatic hydroxyl groups is 1. The first-order chi connectivity index (χ1) is 10.1. The summed E-state index contributed by atoms with van der Waals surface area (Å²) in [7, 11) is 0. The molecule has 3 unspecified atom stereocenters. The highest BCUT2D eigenvalue weighted by atomic mass is 16.3. The first-order valence-electron chi connectivity index (χ1n) is 7.81. The highest BCUT2D eigenvalue weighted by molar-refractivity contribution is 5.82. The Kier molecular flexibility index (Phi) is 5.37. The maximum Gasteiger partial charge on any atom is 0.237 e. The third-order valence-corrected chi connectivity index (χ3v) is 4.53. The largest absolute Gasteiger partial charge is 0.394 e. The molecule has 1 aliphatic rings. The molecule has 0 saturated carbocycles. The van der Waals surface area contributed by atoms with Crippen LogP contribution in [0.5, 0.6) is 0 Å². The Bertz CT molecular complexity index is 463. The molecule has 2 rings (SSSR count). The molecule has 1 aromatic carbocycles. The first kappa shape index (κ1) is 16.0. The smallest absolute Gasteiger partial charge is 0.237 e. The van der Waals surface area contributed by atoms with Gasteiger partial charge in [-0.05, 0) is 37.8 Å². The summed E-state index contributed by atoms with van der Waals surface area (Å²) in [4.78, 5) is 12.5. The van der Waals surface area contributed by atoms with Gasteiger partial charge in [0.1, 0.15) is 0 Å². The van der Waals surface area contributed by atoms with Crippen molar-refractivity contribution in [2.45, 2.75) is 44.7 Å². The topological polar surface area (TPSA) is 61.4 Å². The monoisotopic (exact) mass is 290 g/mol. The van der Waals surface area contributed by atoms with Gasteiger partial charge in [0, 0.05) is 0 Å². The Morgan fingerprint density at radius 2 is 2.14 bits per heavy atom. The van der Waals surface area contributed by atoms with E-state index in [1.807, 2.05) is 37.3 Å². The van der Waals surface area contributed by atoms with Gasteiger partial charge in [-0.3, -0.25) is 4.79 Å². The fraction of sp³-hybridized carbons (Fsp3) is 0.588. The molecule has 4 nitrogen and oxygen atoms in total. The lowest BCUT2D eigenvalue weighted by atomic mass is 9.88. The fourth-order valence-electron chi connectivity index (χ4n) is 2.93. The zero-order valence-corrected chi connectivity index (χ0v) is 12.9. The number of carbonyl (C=O) groups excluding carboxylic acids is 1. The maximum absolute atomic E-state index is 12.5. The summed E-state index contributed by atoms with van der Waals surface area (Å²) in [6, 6.07) is 9.47. The number of hydrogen-bond acceptors (Lipinski definition) is 3. The predicted molar refractivity (Wildman–Crippen MR) is 83.8 cm³/mol.